The van der Waals surface area contributed by atoms with E-state index in [2.05, 4.69) is 44.2 Å². The van der Waals surface area contributed by atoms with Crippen LogP contribution in [0.1, 0.15) is 51.5 Å². The Labute approximate surface area is 348 Å². The molecule has 60 heavy (non-hydrogen) atoms. The number of nitrogens with zero attached hydrogens (tertiary/aromatic N) is 4. The summed E-state index contributed by atoms with van der Waals surface area (Å²) in [6.07, 6.45) is 8.44. The number of hydrogen-bond donors (Lipinski definition) is 7. The molecule has 2 amide bonds. The van der Waals surface area contributed by atoms with E-state index in [1.807, 2.05) is 60.7 Å². The SMILES string of the molecule is COc1cccc(CNC(=O)c2cc3ccc(/C(C=N)=C/N)nc3n2CCO)c1.COc1cccc(CNC=O)c1.Cc1cc2ccc(/C(C=N)=C/N)nc2n1CC1CC1. The average Bonchev–Trinajstić information content (AvgIpc) is 3.97. The van der Waals surface area contributed by atoms with Gasteiger partial charge in [0, 0.05) is 78.6 Å². The average molecular weight is 813 g/mol. The standard InChI is InChI=1S/C21H23N5O3.C15H18N4.C9H11NO2/c1-29-17-4-2-3-14(9-17)13-24-21(28)19-10-15-5-6-18(16(11-22)12-23)25-20(15)26(19)7-8-27;1-10-6-12-4-5-14(13(7-16)8-17)18-15(12)19(10)9-11-2-3-11;1-12-9-4-2-3-8(5-9)6-10-7-11/h2-6,9-12,22,27H,7-8,13,23H2,1H3,(H,24,28);4-8,11,16H,2-3,9,17H2,1H3;2-5,7H,6H2,1H3,(H,10,11)/b16-12+,22-11?;13-8+,16-7?;. The van der Waals surface area contributed by atoms with Gasteiger partial charge < -0.3 is 56.6 Å². The molecule has 1 fully saturated rings. The van der Waals surface area contributed by atoms with Crippen molar-refractivity contribution in [3.63, 3.8) is 0 Å². The lowest BCUT2D eigenvalue weighted by molar-refractivity contribution is -0.109. The van der Waals surface area contributed by atoms with Crippen LogP contribution in [0.4, 0.5) is 0 Å². The molecule has 1 saturated carbocycles. The second kappa shape index (κ2) is 21.5. The number of aliphatic hydroxyl groups is 1. The number of nitrogens with one attached hydrogen (secondary N) is 4. The number of nitrogens with two attached hydrogens (primary N) is 2. The van der Waals surface area contributed by atoms with Gasteiger partial charge in [-0.05, 0) is 97.5 Å². The van der Waals surface area contributed by atoms with Crippen molar-refractivity contribution in [2.24, 2.45) is 17.4 Å². The van der Waals surface area contributed by atoms with E-state index < -0.39 is 0 Å². The Balaban J connectivity index is 0.000000188. The van der Waals surface area contributed by atoms with Crippen LogP contribution in [-0.2, 0) is 31.0 Å². The van der Waals surface area contributed by atoms with Gasteiger partial charge in [0.2, 0.25) is 6.41 Å². The number of aromatic nitrogens is 4. The first-order valence-corrected chi connectivity index (χ1v) is 19.3. The van der Waals surface area contributed by atoms with E-state index in [0.717, 1.165) is 63.4 Å². The molecule has 1 aliphatic rings. The van der Waals surface area contributed by atoms with Crippen molar-refractivity contribution in [1.82, 2.24) is 29.7 Å². The lowest BCUT2D eigenvalue weighted by atomic mass is 10.2. The van der Waals surface area contributed by atoms with E-state index in [0.29, 0.717) is 47.7 Å². The lowest BCUT2D eigenvalue weighted by Gasteiger charge is -2.10. The minimum atomic E-state index is -0.275. The van der Waals surface area contributed by atoms with Gasteiger partial charge in [0.1, 0.15) is 28.5 Å². The molecule has 0 saturated heterocycles. The summed E-state index contributed by atoms with van der Waals surface area (Å²) >= 11 is 0. The number of fused-ring (bicyclic) bond motifs is 2. The summed E-state index contributed by atoms with van der Waals surface area (Å²) in [6, 6.07) is 26.5. The molecule has 4 aromatic heterocycles. The number of carbonyl (C=O) groups is 2. The minimum absolute atomic E-state index is 0.143. The van der Waals surface area contributed by atoms with E-state index in [9.17, 15) is 14.7 Å². The Hall–Kier alpha value is -7.26. The Morgan fingerprint density at radius 3 is 1.87 bits per heavy atom. The molecule has 312 valence electrons. The Morgan fingerprint density at radius 2 is 1.37 bits per heavy atom. The third-order valence-electron chi connectivity index (χ3n) is 9.76. The second-order valence-electron chi connectivity index (χ2n) is 13.9. The molecule has 4 heterocycles. The zero-order valence-electron chi connectivity index (χ0n) is 34.0. The molecule has 15 heteroatoms. The quantitative estimate of drug-likeness (QED) is 0.0478. The van der Waals surface area contributed by atoms with Crippen molar-refractivity contribution in [3.05, 3.63) is 131 Å². The van der Waals surface area contributed by atoms with E-state index in [-0.39, 0.29) is 19.1 Å². The fourth-order valence-electron chi connectivity index (χ4n) is 6.42. The molecule has 15 nitrogen and oxygen atoms in total. The largest absolute Gasteiger partial charge is 0.497 e. The molecule has 6 aromatic rings. The number of pyridine rings is 2. The molecular formula is C45H52N10O5. The number of carbonyl (C=O) groups excluding carboxylic acids is 2. The number of ether oxygens (including phenoxy) is 2. The lowest BCUT2D eigenvalue weighted by Crippen LogP contribution is -2.26. The predicted octanol–water partition coefficient (Wildman–Crippen LogP) is 5.56. The molecule has 0 radical (unpaired) electrons. The van der Waals surface area contributed by atoms with Crippen molar-refractivity contribution in [2.75, 3.05) is 20.8 Å². The molecular weight excluding hydrogens is 761 g/mol. The molecule has 0 unspecified atom stereocenters. The predicted molar refractivity (Wildman–Crippen MR) is 236 cm³/mol. The molecule has 0 bridgehead atoms. The highest BCUT2D eigenvalue weighted by Crippen LogP contribution is 2.33. The molecule has 0 aliphatic heterocycles. The molecule has 1 aliphatic carbocycles. The summed E-state index contributed by atoms with van der Waals surface area (Å²) in [6.45, 7) is 4.13. The maximum absolute atomic E-state index is 12.8. The number of hydrogen-bond acceptors (Lipinski definition) is 11. The number of rotatable bonds is 16. The van der Waals surface area contributed by atoms with Gasteiger partial charge in [0.05, 0.1) is 32.2 Å². The van der Waals surface area contributed by atoms with Crippen molar-refractivity contribution < 1.29 is 24.2 Å². The van der Waals surface area contributed by atoms with Crippen LogP contribution in [0.2, 0.25) is 0 Å². The fraction of sp³-hybridized carbons (Fsp3) is 0.244. The molecule has 9 N–H and O–H groups in total. The zero-order valence-corrected chi connectivity index (χ0v) is 34.0. The molecule has 0 atom stereocenters. The topological polar surface area (TPSA) is 232 Å². The van der Waals surface area contributed by atoms with Crippen LogP contribution in [0, 0.1) is 23.7 Å². The number of aliphatic hydroxyl groups excluding tert-OH is 1. The second-order valence-corrected chi connectivity index (χ2v) is 13.9. The number of benzene rings is 2. The van der Waals surface area contributed by atoms with E-state index >= 15 is 0 Å². The van der Waals surface area contributed by atoms with Crippen molar-refractivity contribution in [2.45, 2.75) is 45.9 Å². The van der Waals surface area contributed by atoms with Gasteiger partial charge >= 0.3 is 0 Å². The fourth-order valence-corrected chi connectivity index (χ4v) is 6.42. The van der Waals surface area contributed by atoms with Gasteiger partial charge in [-0.15, -0.1) is 0 Å². The van der Waals surface area contributed by atoms with Gasteiger partial charge in [-0.2, -0.15) is 0 Å². The normalized spacial score (nSPS) is 12.4. The smallest absolute Gasteiger partial charge is 0.268 e. The van der Waals surface area contributed by atoms with E-state index in [4.69, 9.17) is 31.8 Å². The first-order chi connectivity index (χ1) is 29.2. The summed E-state index contributed by atoms with van der Waals surface area (Å²) in [4.78, 5) is 32.0. The van der Waals surface area contributed by atoms with Crippen molar-refractivity contribution in [1.29, 1.82) is 10.8 Å². The van der Waals surface area contributed by atoms with Crippen molar-refractivity contribution >= 4 is 58.0 Å². The molecule has 2 aromatic carbocycles. The van der Waals surface area contributed by atoms with Crippen molar-refractivity contribution in [3.8, 4) is 11.5 Å². The monoisotopic (exact) mass is 812 g/mol. The first-order valence-electron chi connectivity index (χ1n) is 19.3. The summed E-state index contributed by atoms with van der Waals surface area (Å²) in [5.74, 6) is 2.06. The van der Waals surface area contributed by atoms with Gasteiger partial charge in [0.25, 0.3) is 5.91 Å². The van der Waals surface area contributed by atoms with Crippen LogP contribution < -0.4 is 31.6 Å². The zero-order chi connectivity index (χ0) is 43.0. The van der Waals surface area contributed by atoms with Crippen LogP contribution in [0.25, 0.3) is 33.2 Å². The Kier molecular flexibility index (Phi) is 15.7. The van der Waals surface area contributed by atoms with Gasteiger partial charge in [-0.1, -0.05) is 24.3 Å². The van der Waals surface area contributed by atoms with Crippen LogP contribution in [-0.4, -0.2) is 69.8 Å². The summed E-state index contributed by atoms with van der Waals surface area (Å²) < 4.78 is 14.2. The summed E-state index contributed by atoms with van der Waals surface area (Å²) in [5.41, 5.74) is 18.6. The summed E-state index contributed by atoms with van der Waals surface area (Å²) in [7, 11) is 3.21. The number of allylic oxidation sites excluding steroid dienone is 2. The van der Waals surface area contributed by atoms with Gasteiger partial charge in [0.15, 0.2) is 0 Å². The van der Waals surface area contributed by atoms with Gasteiger partial charge in [-0.25, -0.2) is 9.97 Å². The van der Waals surface area contributed by atoms with Crippen LogP contribution in [0.3, 0.4) is 0 Å². The maximum atomic E-state index is 12.8. The van der Waals surface area contributed by atoms with Crippen LogP contribution >= 0.6 is 0 Å². The molecule has 7 rings (SSSR count). The third kappa shape index (κ3) is 11.2. The first kappa shape index (κ1) is 43.9. The van der Waals surface area contributed by atoms with Crippen LogP contribution in [0.15, 0.2) is 97.3 Å². The minimum Gasteiger partial charge on any atom is -0.497 e. The van der Waals surface area contributed by atoms with E-state index in [1.165, 1.54) is 37.2 Å². The van der Waals surface area contributed by atoms with E-state index in [1.54, 1.807) is 30.9 Å². The summed E-state index contributed by atoms with van der Waals surface area (Å²) in [5, 5.41) is 31.7. The van der Waals surface area contributed by atoms with Crippen LogP contribution in [0.5, 0.6) is 11.5 Å². The highest BCUT2D eigenvalue weighted by molar-refractivity contribution is 6.08. The number of aryl methyl sites for hydroxylation is 1. The van der Waals surface area contributed by atoms with Gasteiger partial charge in [-0.3, -0.25) is 9.59 Å². The Bertz CT molecular complexity index is 2500. The number of methoxy groups -OCH3 is 2. The third-order valence-corrected chi connectivity index (χ3v) is 9.76. The highest BCUT2D eigenvalue weighted by Gasteiger charge is 2.23. The molecule has 0 spiro atoms. The highest BCUT2D eigenvalue weighted by atomic mass is 16.5. The number of amides is 2. The maximum Gasteiger partial charge on any atom is 0.268 e. The Morgan fingerprint density at radius 1 is 0.817 bits per heavy atom.